The molecule has 0 N–H and O–H groups in total. The van der Waals surface area contributed by atoms with E-state index < -0.39 is 0 Å². The molecule has 0 amide bonds. The van der Waals surface area contributed by atoms with Gasteiger partial charge in [-0.1, -0.05) is 6.07 Å². The molecule has 0 atom stereocenters. The molecule has 1 aromatic carbocycles. The molecule has 1 heterocycles. The second-order valence-electron chi connectivity index (χ2n) is 5.37. The van der Waals surface area contributed by atoms with E-state index in [1.54, 1.807) is 13.1 Å². The summed E-state index contributed by atoms with van der Waals surface area (Å²) in [5.74, 6) is 0.670. The van der Waals surface area contributed by atoms with Crippen LogP contribution in [0.3, 0.4) is 0 Å². The van der Waals surface area contributed by atoms with Crippen molar-refractivity contribution in [2.45, 2.75) is 41.0 Å². The Balaban J connectivity index is 2.60. The number of ketones is 1. The number of aromatic nitrogens is 2. The number of carbonyl (C=O) groups excluding carboxylic acids is 1. The van der Waals surface area contributed by atoms with E-state index in [1.165, 1.54) is 22.3 Å². The first kappa shape index (κ1) is 14.4. The number of hydrogen-bond donors (Lipinski definition) is 0. The highest BCUT2D eigenvalue weighted by molar-refractivity contribution is 5.77. The second kappa shape index (κ2) is 5.53. The van der Waals surface area contributed by atoms with Crippen molar-refractivity contribution in [1.82, 2.24) is 9.97 Å². The lowest BCUT2D eigenvalue weighted by Gasteiger charge is -2.15. The van der Waals surface area contributed by atoms with Crippen molar-refractivity contribution in [2.24, 2.45) is 0 Å². The van der Waals surface area contributed by atoms with Crippen molar-refractivity contribution in [3.63, 3.8) is 0 Å². The van der Waals surface area contributed by atoms with Gasteiger partial charge in [0.05, 0.1) is 12.1 Å². The van der Waals surface area contributed by atoms with E-state index in [4.69, 9.17) is 0 Å². The minimum Gasteiger partial charge on any atom is -0.300 e. The van der Waals surface area contributed by atoms with Crippen LogP contribution in [0.4, 0.5) is 0 Å². The molecule has 0 fully saturated rings. The van der Waals surface area contributed by atoms with E-state index in [0.29, 0.717) is 5.82 Å². The van der Waals surface area contributed by atoms with E-state index in [0.717, 1.165) is 11.3 Å². The summed E-state index contributed by atoms with van der Waals surface area (Å²) in [6.07, 6.45) is 2.02. The van der Waals surface area contributed by atoms with Gasteiger partial charge in [0.1, 0.15) is 11.6 Å². The molecule has 0 spiro atoms. The SMILES string of the molecule is CC(=O)Cc1nccc(-c2c(C)c(C)cc(C)c2C)n1. The molecule has 0 aliphatic carbocycles. The van der Waals surface area contributed by atoms with Gasteiger partial charge in [-0.05, 0) is 62.9 Å². The first-order chi connectivity index (χ1) is 9.40. The van der Waals surface area contributed by atoms with Crippen LogP contribution in [0.1, 0.15) is 35.0 Å². The van der Waals surface area contributed by atoms with Crippen molar-refractivity contribution in [1.29, 1.82) is 0 Å². The Bertz CT molecular complexity index is 649. The van der Waals surface area contributed by atoms with Crippen LogP contribution < -0.4 is 0 Å². The molecule has 1 aromatic heterocycles. The van der Waals surface area contributed by atoms with Crippen molar-refractivity contribution in [3.05, 3.63) is 46.4 Å². The zero-order chi connectivity index (χ0) is 14.9. The van der Waals surface area contributed by atoms with Crippen LogP contribution >= 0.6 is 0 Å². The predicted molar refractivity (Wildman–Crippen MR) is 80.8 cm³/mol. The summed E-state index contributed by atoms with van der Waals surface area (Å²) in [7, 11) is 0. The smallest absolute Gasteiger partial charge is 0.137 e. The van der Waals surface area contributed by atoms with Gasteiger partial charge in [-0.2, -0.15) is 0 Å². The normalized spacial score (nSPS) is 10.7. The van der Waals surface area contributed by atoms with Gasteiger partial charge in [0, 0.05) is 11.8 Å². The molecule has 3 nitrogen and oxygen atoms in total. The molecule has 3 heteroatoms. The van der Waals surface area contributed by atoms with Crippen LogP contribution in [0.25, 0.3) is 11.3 Å². The average molecular weight is 268 g/mol. The fourth-order valence-corrected chi connectivity index (χ4v) is 2.45. The molecule has 0 unspecified atom stereocenters. The quantitative estimate of drug-likeness (QED) is 0.855. The lowest BCUT2D eigenvalue weighted by Crippen LogP contribution is -2.04. The van der Waals surface area contributed by atoms with Gasteiger partial charge in [0.15, 0.2) is 0 Å². The number of Topliss-reactive ketones (excluding diaryl/α,β-unsaturated/α-hetero) is 1. The topological polar surface area (TPSA) is 42.9 Å². The Kier molecular flexibility index (Phi) is 3.98. The van der Waals surface area contributed by atoms with E-state index in [9.17, 15) is 4.79 Å². The summed E-state index contributed by atoms with van der Waals surface area (Å²) in [5, 5.41) is 0. The molecule has 2 aromatic rings. The van der Waals surface area contributed by atoms with Gasteiger partial charge < -0.3 is 0 Å². The summed E-state index contributed by atoms with van der Waals surface area (Å²) in [5.41, 5.74) is 7.05. The summed E-state index contributed by atoms with van der Waals surface area (Å²) in [6, 6.07) is 4.11. The monoisotopic (exact) mass is 268 g/mol. The van der Waals surface area contributed by atoms with Crippen molar-refractivity contribution >= 4 is 5.78 Å². The van der Waals surface area contributed by atoms with E-state index >= 15 is 0 Å². The fourth-order valence-electron chi connectivity index (χ4n) is 2.45. The third kappa shape index (κ3) is 2.77. The number of hydrogen-bond acceptors (Lipinski definition) is 3. The highest BCUT2D eigenvalue weighted by Crippen LogP contribution is 2.30. The van der Waals surface area contributed by atoms with E-state index in [1.807, 2.05) is 6.07 Å². The fraction of sp³-hybridized carbons (Fsp3) is 0.353. The standard InChI is InChI=1S/C17H20N2O/c1-10-8-11(2)14(5)17(13(10)4)15-6-7-18-16(19-15)9-12(3)20/h6-8H,9H2,1-5H3. The van der Waals surface area contributed by atoms with Crippen LogP contribution in [0.2, 0.25) is 0 Å². The maximum absolute atomic E-state index is 11.2. The highest BCUT2D eigenvalue weighted by atomic mass is 16.1. The zero-order valence-corrected chi connectivity index (χ0v) is 12.7. The third-order valence-electron chi connectivity index (χ3n) is 3.73. The van der Waals surface area contributed by atoms with Gasteiger partial charge in [-0.15, -0.1) is 0 Å². The van der Waals surface area contributed by atoms with Crippen molar-refractivity contribution in [2.75, 3.05) is 0 Å². The Hall–Kier alpha value is -2.03. The minimum absolute atomic E-state index is 0.0796. The maximum atomic E-state index is 11.2. The van der Waals surface area contributed by atoms with Crippen LogP contribution in [0.15, 0.2) is 18.3 Å². The molecule has 0 saturated carbocycles. The van der Waals surface area contributed by atoms with Crippen molar-refractivity contribution in [3.8, 4) is 11.3 Å². The predicted octanol–water partition coefficient (Wildman–Crippen LogP) is 3.51. The van der Waals surface area contributed by atoms with Gasteiger partial charge in [0.25, 0.3) is 0 Å². The van der Waals surface area contributed by atoms with Gasteiger partial charge in [-0.25, -0.2) is 9.97 Å². The number of benzene rings is 1. The Labute approximate surface area is 120 Å². The molecule has 0 saturated heterocycles. The number of carbonyl (C=O) groups is 1. The van der Waals surface area contributed by atoms with E-state index in [2.05, 4.69) is 43.7 Å². The molecule has 0 bridgehead atoms. The average Bonchev–Trinajstić information content (AvgIpc) is 2.36. The number of aryl methyl sites for hydroxylation is 2. The molecule has 104 valence electrons. The summed E-state index contributed by atoms with van der Waals surface area (Å²) in [6.45, 7) is 10.0. The van der Waals surface area contributed by atoms with Crippen LogP contribution in [0, 0.1) is 27.7 Å². The molecule has 0 radical (unpaired) electrons. The highest BCUT2D eigenvalue weighted by Gasteiger charge is 2.12. The second-order valence-corrected chi connectivity index (χ2v) is 5.37. The molecule has 0 aliphatic heterocycles. The lowest BCUT2D eigenvalue weighted by molar-refractivity contribution is -0.116. The summed E-state index contributed by atoms with van der Waals surface area (Å²) >= 11 is 0. The summed E-state index contributed by atoms with van der Waals surface area (Å²) < 4.78 is 0. The molecular formula is C17H20N2O. The first-order valence-electron chi connectivity index (χ1n) is 6.79. The third-order valence-corrected chi connectivity index (χ3v) is 3.73. The molecule has 2 rings (SSSR count). The van der Waals surface area contributed by atoms with Crippen molar-refractivity contribution < 1.29 is 4.79 Å². The van der Waals surface area contributed by atoms with Gasteiger partial charge in [0.2, 0.25) is 0 Å². The summed E-state index contributed by atoms with van der Waals surface area (Å²) in [4.78, 5) is 20.0. The zero-order valence-electron chi connectivity index (χ0n) is 12.7. The van der Waals surface area contributed by atoms with Gasteiger partial charge in [-0.3, -0.25) is 4.79 Å². The maximum Gasteiger partial charge on any atom is 0.137 e. The van der Waals surface area contributed by atoms with Gasteiger partial charge >= 0.3 is 0 Å². The number of rotatable bonds is 3. The molecule has 20 heavy (non-hydrogen) atoms. The van der Waals surface area contributed by atoms with E-state index in [-0.39, 0.29) is 12.2 Å². The lowest BCUT2D eigenvalue weighted by atomic mass is 9.92. The largest absolute Gasteiger partial charge is 0.300 e. The Morgan fingerprint density at radius 3 is 2.25 bits per heavy atom. The first-order valence-corrected chi connectivity index (χ1v) is 6.79. The van der Waals surface area contributed by atoms with Crippen LogP contribution in [0.5, 0.6) is 0 Å². The number of nitrogens with zero attached hydrogens (tertiary/aromatic N) is 2. The molecular weight excluding hydrogens is 248 g/mol. The van der Waals surface area contributed by atoms with Crippen LogP contribution in [-0.2, 0) is 11.2 Å². The minimum atomic E-state index is 0.0796. The Morgan fingerprint density at radius 2 is 1.70 bits per heavy atom. The molecule has 0 aliphatic rings. The Morgan fingerprint density at radius 1 is 1.10 bits per heavy atom. The van der Waals surface area contributed by atoms with Crippen LogP contribution in [-0.4, -0.2) is 15.8 Å².